The molecule has 1 unspecified atom stereocenters. The van der Waals surface area contributed by atoms with E-state index in [-0.39, 0.29) is 23.8 Å². The smallest absolute Gasteiger partial charge is 0.266 e. The topological polar surface area (TPSA) is 102 Å². The van der Waals surface area contributed by atoms with Crippen molar-refractivity contribution in [3.05, 3.63) is 44.6 Å². The van der Waals surface area contributed by atoms with Crippen molar-refractivity contribution in [2.75, 3.05) is 19.7 Å². The fourth-order valence-electron chi connectivity index (χ4n) is 3.50. The number of hydrogen-bond acceptors (Lipinski definition) is 5. The summed E-state index contributed by atoms with van der Waals surface area (Å²) in [5.41, 5.74) is -0.294. The van der Waals surface area contributed by atoms with Crippen LogP contribution >= 0.6 is 0 Å². The van der Waals surface area contributed by atoms with Gasteiger partial charge in [-0.3, -0.25) is 14.5 Å². The van der Waals surface area contributed by atoms with Gasteiger partial charge >= 0.3 is 0 Å². The minimum absolute atomic E-state index is 0.0542. The van der Waals surface area contributed by atoms with Crippen LogP contribution in [0.4, 0.5) is 0 Å². The van der Waals surface area contributed by atoms with Gasteiger partial charge in [0.1, 0.15) is 11.6 Å². The first-order valence-corrected chi connectivity index (χ1v) is 8.65. The first-order valence-electron chi connectivity index (χ1n) is 8.65. The van der Waals surface area contributed by atoms with Crippen LogP contribution in [-0.2, 0) is 6.54 Å². The first kappa shape index (κ1) is 17.4. The number of nitriles is 1. The van der Waals surface area contributed by atoms with E-state index >= 15 is 0 Å². The van der Waals surface area contributed by atoms with Gasteiger partial charge in [-0.15, -0.1) is 0 Å². The predicted molar refractivity (Wildman–Crippen MR) is 94.5 cm³/mol. The molecule has 25 heavy (non-hydrogen) atoms. The number of pyridine rings is 2. The second-order valence-electron chi connectivity index (χ2n) is 6.49. The van der Waals surface area contributed by atoms with Crippen molar-refractivity contribution in [2.24, 2.45) is 0 Å². The number of fused-ring (bicyclic) bond motifs is 1. The fourth-order valence-corrected chi connectivity index (χ4v) is 3.50. The van der Waals surface area contributed by atoms with Gasteiger partial charge in [-0.25, -0.2) is 0 Å². The molecule has 0 amide bonds. The molecule has 132 valence electrons. The van der Waals surface area contributed by atoms with Gasteiger partial charge < -0.3 is 14.7 Å². The molecule has 0 radical (unpaired) electrons. The predicted octanol–water partition coefficient (Wildman–Crippen LogP) is 0.798. The Labute approximate surface area is 145 Å². The summed E-state index contributed by atoms with van der Waals surface area (Å²) in [6.45, 7) is 2.57. The highest BCUT2D eigenvalue weighted by molar-refractivity contribution is 5.78. The third kappa shape index (κ3) is 3.65. The molecule has 1 aliphatic heterocycles. The zero-order valence-electron chi connectivity index (χ0n) is 14.1. The van der Waals surface area contributed by atoms with Crippen LogP contribution in [0.1, 0.15) is 31.2 Å². The molecule has 1 saturated heterocycles. The van der Waals surface area contributed by atoms with E-state index in [0.717, 1.165) is 38.8 Å². The average molecular weight is 342 g/mol. The van der Waals surface area contributed by atoms with Gasteiger partial charge in [-0.05, 0) is 37.9 Å². The highest BCUT2D eigenvalue weighted by atomic mass is 16.3. The lowest BCUT2D eigenvalue weighted by molar-refractivity contribution is 0.0881. The quantitative estimate of drug-likeness (QED) is 0.837. The summed E-state index contributed by atoms with van der Waals surface area (Å²) >= 11 is 0. The molecule has 0 spiro atoms. The molecule has 7 heteroatoms. The monoisotopic (exact) mass is 342 g/mol. The second-order valence-corrected chi connectivity index (χ2v) is 6.49. The van der Waals surface area contributed by atoms with E-state index in [2.05, 4.69) is 9.88 Å². The highest BCUT2D eigenvalue weighted by Gasteiger charge is 2.20. The summed E-state index contributed by atoms with van der Waals surface area (Å²) in [6.07, 6.45) is 5.81. The number of piperidine rings is 1. The number of rotatable bonds is 5. The van der Waals surface area contributed by atoms with Crippen LogP contribution in [0.5, 0.6) is 0 Å². The van der Waals surface area contributed by atoms with E-state index in [0.29, 0.717) is 17.4 Å². The SMILES string of the molecule is N#Cc1cc2c(=O)n(CCCN3CCCCC3CO)ccc2[nH]c1=O. The first-order chi connectivity index (χ1) is 12.1. The fraction of sp³-hybridized carbons (Fsp3) is 0.500. The summed E-state index contributed by atoms with van der Waals surface area (Å²) < 4.78 is 1.61. The van der Waals surface area contributed by atoms with Crippen molar-refractivity contribution in [3.8, 4) is 6.07 Å². The van der Waals surface area contributed by atoms with Crippen molar-refractivity contribution >= 4 is 10.9 Å². The van der Waals surface area contributed by atoms with E-state index in [1.54, 1.807) is 16.8 Å². The van der Waals surface area contributed by atoms with Gasteiger partial charge in [0.15, 0.2) is 0 Å². The Balaban J connectivity index is 1.75. The number of nitrogens with zero attached hydrogens (tertiary/aromatic N) is 3. The summed E-state index contributed by atoms with van der Waals surface area (Å²) in [5.74, 6) is 0. The molecule has 1 aliphatic rings. The van der Waals surface area contributed by atoms with Gasteiger partial charge in [-0.1, -0.05) is 6.42 Å². The van der Waals surface area contributed by atoms with Crippen LogP contribution in [0.25, 0.3) is 10.9 Å². The lowest BCUT2D eigenvalue weighted by Crippen LogP contribution is -2.42. The number of H-pyrrole nitrogens is 1. The van der Waals surface area contributed by atoms with E-state index in [1.165, 1.54) is 6.07 Å². The number of aliphatic hydroxyl groups is 1. The zero-order valence-corrected chi connectivity index (χ0v) is 14.1. The van der Waals surface area contributed by atoms with E-state index in [9.17, 15) is 14.7 Å². The van der Waals surface area contributed by atoms with Crippen LogP contribution in [0.2, 0.25) is 0 Å². The Morgan fingerprint density at radius 3 is 2.92 bits per heavy atom. The van der Waals surface area contributed by atoms with Crippen LogP contribution in [0.3, 0.4) is 0 Å². The second kappa shape index (κ2) is 7.64. The minimum Gasteiger partial charge on any atom is -0.395 e. The summed E-state index contributed by atoms with van der Waals surface area (Å²) in [4.78, 5) is 29.1. The maximum absolute atomic E-state index is 12.6. The maximum atomic E-state index is 12.6. The summed E-state index contributed by atoms with van der Waals surface area (Å²) in [5, 5.41) is 18.8. The van der Waals surface area contributed by atoms with Crippen molar-refractivity contribution in [1.82, 2.24) is 14.5 Å². The van der Waals surface area contributed by atoms with Gasteiger partial charge in [0.05, 0.1) is 17.5 Å². The van der Waals surface area contributed by atoms with Crippen molar-refractivity contribution in [3.63, 3.8) is 0 Å². The lowest BCUT2D eigenvalue weighted by Gasteiger charge is -2.34. The Bertz CT molecular complexity index is 909. The number of aromatic amines is 1. The molecule has 0 aromatic carbocycles. The Morgan fingerprint density at radius 1 is 1.32 bits per heavy atom. The highest BCUT2D eigenvalue weighted by Crippen LogP contribution is 2.16. The molecular weight excluding hydrogens is 320 g/mol. The number of likely N-dealkylation sites (tertiary alicyclic amines) is 1. The number of aryl methyl sites for hydroxylation is 1. The number of aliphatic hydroxyl groups excluding tert-OH is 1. The summed E-state index contributed by atoms with van der Waals surface area (Å²) in [6, 6.07) is 5.09. The Kier molecular flexibility index (Phi) is 5.31. The Morgan fingerprint density at radius 2 is 2.16 bits per heavy atom. The third-order valence-electron chi connectivity index (χ3n) is 4.91. The van der Waals surface area contributed by atoms with E-state index in [1.807, 2.05) is 6.07 Å². The van der Waals surface area contributed by atoms with Crippen LogP contribution < -0.4 is 11.1 Å². The minimum atomic E-state index is -0.479. The average Bonchev–Trinajstić information content (AvgIpc) is 2.63. The standard InChI is InChI=1S/C18H22N4O3/c19-11-13-10-15-16(20-17(13)24)5-9-22(18(15)25)8-3-7-21-6-2-1-4-14(21)12-23/h5,9-10,14,23H,1-4,6-8,12H2,(H,20,24). The van der Waals surface area contributed by atoms with Crippen molar-refractivity contribution in [2.45, 2.75) is 38.3 Å². The molecule has 2 aromatic rings. The molecule has 2 N–H and O–H groups in total. The molecule has 2 aromatic heterocycles. The van der Waals surface area contributed by atoms with Crippen LogP contribution in [-0.4, -0.2) is 45.3 Å². The molecule has 3 rings (SSSR count). The number of hydrogen-bond donors (Lipinski definition) is 2. The summed E-state index contributed by atoms with van der Waals surface area (Å²) in [7, 11) is 0. The van der Waals surface area contributed by atoms with E-state index < -0.39 is 5.56 Å². The lowest BCUT2D eigenvalue weighted by atomic mass is 10.0. The van der Waals surface area contributed by atoms with Crippen molar-refractivity contribution < 1.29 is 5.11 Å². The molecule has 0 bridgehead atoms. The van der Waals surface area contributed by atoms with Crippen LogP contribution in [0.15, 0.2) is 27.9 Å². The third-order valence-corrected chi connectivity index (χ3v) is 4.91. The molecule has 0 saturated carbocycles. The van der Waals surface area contributed by atoms with Gasteiger partial charge in [-0.2, -0.15) is 5.26 Å². The zero-order chi connectivity index (χ0) is 17.8. The van der Waals surface area contributed by atoms with Crippen molar-refractivity contribution in [1.29, 1.82) is 5.26 Å². The molecule has 1 fully saturated rings. The maximum Gasteiger partial charge on any atom is 0.266 e. The molecule has 1 atom stereocenters. The molecular formula is C18H22N4O3. The van der Waals surface area contributed by atoms with Gasteiger partial charge in [0.25, 0.3) is 11.1 Å². The number of aromatic nitrogens is 2. The Hall–Kier alpha value is -2.43. The largest absolute Gasteiger partial charge is 0.395 e. The van der Waals surface area contributed by atoms with Gasteiger partial charge in [0.2, 0.25) is 0 Å². The van der Waals surface area contributed by atoms with Gasteiger partial charge in [0, 0.05) is 25.3 Å². The van der Waals surface area contributed by atoms with Crippen LogP contribution in [0, 0.1) is 11.3 Å². The molecule has 3 heterocycles. The normalized spacial score (nSPS) is 18.3. The molecule has 0 aliphatic carbocycles. The molecule has 7 nitrogen and oxygen atoms in total. The number of nitrogens with one attached hydrogen (secondary N) is 1. The van der Waals surface area contributed by atoms with E-state index in [4.69, 9.17) is 5.26 Å².